The summed E-state index contributed by atoms with van der Waals surface area (Å²) in [4.78, 5) is 49.7. The van der Waals surface area contributed by atoms with Crippen molar-refractivity contribution < 1.29 is 19.2 Å². The number of hydrogen-bond donors (Lipinski definition) is 2. The Hall–Kier alpha value is -2.03. The van der Waals surface area contributed by atoms with Gasteiger partial charge in [-0.05, 0) is 25.7 Å². The largest absolute Gasteiger partial charge is 0.356 e. The number of carbonyl (C=O) groups excluding carboxylic acids is 4. The molecular weight excluding hydrogens is 404 g/mol. The number of nitrogens with one attached hydrogen (secondary N) is 2. The van der Waals surface area contributed by atoms with Crippen molar-refractivity contribution in [3.63, 3.8) is 0 Å². The molecule has 5 amide bonds. The molecule has 3 aliphatic rings. The van der Waals surface area contributed by atoms with Crippen molar-refractivity contribution in [2.75, 3.05) is 25.9 Å². The first-order chi connectivity index (χ1) is 14.5. The topological polar surface area (TPSA) is 98.8 Å². The Morgan fingerprint density at radius 1 is 1.10 bits per heavy atom. The summed E-state index contributed by atoms with van der Waals surface area (Å²) in [7, 11) is 1.86. The van der Waals surface area contributed by atoms with Crippen molar-refractivity contribution in [3.05, 3.63) is 12.2 Å². The van der Waals surface area contributed by atoms with Crippen LogP contribution in [-0.2, 0) is 14.4 Å². The van der Waals surface area contributed by atoms with Crippen molar-refractivity contribution >= 4 is 35.5 Å². The molecule has 0 aliphatic carbocycles. The zero-order valence-electron chi connectivity index (χ0n) is 17.6. The summed E-state index contributed by atoms with van der Waals surface area (Å²) < 4.78 is 0. The third kappa shape index (κ3) is 5.77. The fourth-order valence-corrected chi connectivity index (χ4v) is 5.89. The SMILES string of the molecule is CN1C(=O)N[C@@H]2[C@H](CCCCC(=O)NCCCCCCN3C(=O)C=CC3=O)SC[C@@H]21. The standard InChI is InChI=1S/C21H32N4O4S/c1-24-15-14-30-16(20(15)23-21(24)29)8-4-5-9-17(26)22-12-6-2-3-7-13-25-18(27)10-11-19(25)28/h10-11,15-16,20H,2-9,12-14H2,1H3,(H,22,26)(H,23,29)/t15-,16-,20-/m0/s1. The molecule has 0 spiro atoms. The van der Waals surface area contributed by atoms with Gasteiger partial charge < -0.3 is 15.5 Å². The summed E-state index contributed by atoms with van der Waals surface area (Å²) in [6.07, 6.45) is 9.66. The number of carbonyl (C=O) groups is 4. The molecule has 166 valence electrons. The molecule has 0 radical (unpaired) electrons. The molecular formula is C21H32N4O4S. The van der Waals surface area contributed by atoms with E-state index in [0.29, 0.717) is 30.8 Å². The summed E-state index contributed by atoms with van der Waals surface area (Å²) in [5.74, 6) is 0.644. The molecule has 0 aromatic rings. The molecule has 3 rings (SSSR count). The molecule has 2 fully saturated rings. The number of rotatable bonds is 12. The second-order valence-corrected chi connectivity index (χ2v) is 9.47. The van der Waals surface area contributed by atoms with Crippen molar-refractivity contribution in [1.82, 2.24) is 20.4 Å². The molecule has 0 aromatic carbocycles. The molecule has 8 nitrogen and oxygen atoms in total. The van der Waals surface area contributed by atoms with Crippen molar-refractivity contribution in [2.45, 2.75) is 68.7 Å². The van der Waals surface area contributed by atoms with E-state index in [9.17, 15) is 19.2 Å². The van der Waals surface area contributed by atoms with Crippen LogP contribution in [0.4, 0.5) is 4.79 Å². The summed E-state index contributed by atoms with van der Waals surface area (Å²) in [6.45, 7) is 1.14. The number of amides is 5. The van der Waals surface area contributed by atoms with Crippen LogP contribution in [0.1, 0.15) is 51.4 Å². The van der Waals surface area contributed by atoms with Gasteiger partial charge in [0, 0.05) is 49.7 Å². The van der Waals surface area contributed by atoms with Crippen LogP contribution in [-0.4, -0.2) is 76.8 Å². The van der Waals surface area contributed by atoms with Gasteiger partial charge in [-0.1, -0.05) is 19.3 Å². The van der Waals surface area contributed by atoms with Crippen molar-refractivity contribution in [3.8, 4) is 0 Å². The van der Waals surface area contributed by atoms with E-state index < -0.39 is 0 Å². The van der Waals surface area contributed by atoms with E-state index in [-0.39, 0.29) is 29.8 Å². The highest BCUT2D eigenvalue weighted by atomic mass is 32.2. The third-order valence-electron chi connectivity index (χ3n) is 6.08. The van der Waals surface area contributed by atoms with Gasteiger partial charge >= 0.3 is 6.03 Å². The van der Waals surface area contributed by atoms with E-state index in [0.717, 1.165) is 50.7 Å². The molecule has 0 saturated carbocycles. The van der Waals surface area contributed by atoms with Crippen LogP contribution in [0.5, 0.6) is 0 Å². The smallest absolute Gasteiger partial charge is 0.317 e. The minimum absolute atomic E-state index is 0.0321. The Bertz CT molecular complexity index is 680. The maximum atomic E-state index is 12.0. The molecule has 0 bridgehead atoms. The predicted molar refractivity (Wildman–Crippen MR) is 116 cm³/mol. The van der Waals surface area contributed by atoms with Crippen LogP contribution in [0.2, 0.25) is 0 Å². The Kier molecular flexibility index (Phi) is 8.18. The average molecular weight is 437 g/mol. The number of thioether (sulfide) groups is 1. The van der Waals surface area contributed by atoms with Gasteiger partial charge in [0.05, 0.1) is 12.1 Å². The zero-order valence-corrected chi connectivity index (χ0v) is 18.4. The highest BCUT2D eigenvalue weighted by Crippen LogP contribution is 2.36. The van der Waals surface area contributed by atoms with E-state index >= 15 is 0 Å². The Morgan fingerprint density at radius 2 is 1.83 bits per heavy atom. The van der Waals surface area contributed by atoms with Gasteiger partial charge in [-0.25, -0.2) is 4.79 Å². The predicted octanol–water partition coefficient (Wildman–Crippen LogP) is 1.66. The molecule has 0 aromatic heterocycles. The Labute approximate surface area is 182 Å². The van der Waals surface area contributed by atoms with E-state index in [2.05, 4.69) is 10.6 Å². The monoisotopic (exact) mass is 436 g/mol. The first kappa shape index (κ1) is 22.7. The van der Waals surface area contributed by atoms with Gasteiger partial charge in [0.15, 0.2) is 0 Å². The maximum Gasteiger partial charge on any atom is 0.317 e. The quantitative estimate of drug-likeness (QED) is 0.275. The van der Waals surface area contributed by atoms with Crippen LogP contribution in [0.15, 0.2) is 12.2 Å². The second kappa shape index (κ2) is 10.8. The number of nitrogens with zero attached hydrogens (tertiary/aromatic N) is 2. The molecule has 3 aliphatic heterocycles. The van der Waals surface area contributed by atoms with Crippen LogP contribution < -0.4 is 10.6 Å². The number of urea groups is 1. The number of fused-ring (bicyclic) bond motifs is 1. The van der Waals surface area contributed by atoms with E-state index in [1.807, 2.05) is 23.7 Å². The van der Waals surface area contributed by atoms with E-state index in [4.69, 9.17) is 0 Å². The fraction of sp³-hybridized carbons (Fsp3) is 0.714. The van der Waals surface area contributed by atoms with Crippen molar-refractivity contribution in [1.29, 1.82) is 0 Å². The molecule has 3 heterocycles. The normalized spacial score (nSPS) is 25.2. The van der Waals surface area contributed by atoms with Gasteiger partial charge in [-0.15, -0.1) is 0 Å². The molecule has 2 saturated heterocycles. The van der Waals surface area contributed by atoms with Crippen molar-refractivity contribution in [2.24, 2.45) is 0 Å². The van der Waals surface area contributed by atoms with E-state index in [1.165, 1.54) is 17.1 Å². The van der Waals surface area contributed by atoms with Gasteiger partial charge in [0.25, 0.3) is 11.8 Å². The maximum absolute atomic E-state index is 12.0. The highest BCUT2D eigenvalue weighted by Gasteiger charge is 2.46. The summed E-state index contributed by atoms with van der Waals surface area (Å²) in [5.41, 5.74) is 0. The lowest BCUT2D eigenvalue weighted by Gasteiger charge is -2.17. The van der Waals surface area contributed by atoms with Gasteiger partial charge in [-0.3, -0.25) is 19.3 Å². The van der Waals surface area contributed by atoms with Gasteiger partial charge in [0.1, 0.15) is 0 Å². The molecule has 0 unspecified atom stereocenters. The Balaban J connectivity index is 1.15. The lowest BCUT2D eigenvalue weighted by Crippen LogP contribution is -2.37. The number of likely N-dealkylation sites (N-methyl/N-ethyl adjacent to an activating group) is 1. The minimum Gasteiger partial charge on any atom is -0.356 e. The molecule has 9 heteroatoms. The van der Waals surface area contributed by atoms with Gasteiger partial charge in [-0.2, -0.15) is 11.8 Å². The number of imide groups is 1. The average Bonchev–Trinajstić information content (AvgIpc) is 3.35. The summed E-state index contributed by atoms with van der Waals surface area (Å²) in [5, 5.41) is 6.50. The van der Waals surface area contributed by atoms with Crippen LogP contribution >= 0.6 is 11.8 Å². The first-order valence-electron chi connectivity index (χ1n) is 10.9. The summed E-state index contributed by atoms with van der Waals surface area (Å²) in [6, 6.07) is 0.591. The van der Waals surface area contributed by atoms with E-state index in [1.54, 1.807) is 0 Å². The van der Waals surface area contributed by atoms with Gasteiger partial charge in [0.2, 0.25) is 5.91 Å². The first-order valence-corrected chi connectivity index (χ1v) is 12.0. The summed E-state index contributed by atoms with van der Waals surface area (Å²) >= 11 is 1.93. The lowest BCUT2D eigenvalue weighted by molar-refractivity contribution is -0.136. The zero-order chi connectivity index (χ0) is 21.5. The number of hydrogen-bond acceptors (Lipinski definition) is 5. The highest BCUT2D eigenvalue weighted by molar-refractivity contribution is 8.00. The molecule has 2 N–H and O–H groups in total. The van der Waals surface area contributed by atoms with Crippen LogP contribution in [0.25, 0.3) is 0 Å². The molecule has 30 heavy (non-hydrogen) atoms. The second-order valence-electron chi connectivity index (χ2n) is 8.20. The lowest BCUT2D eigenvalue weighted by atomic mass is 10.0. The minimum atomic E-state index is -0.223. The fourth-order valence-electron chi connectivity index (χ4n) is 4.22. The third-order valence-corrected chi connectivity index (χ3v) is 7.57. The molecule has 3 atom stereocenters. The number of unbranched alkanes of at least 4 members (excludes halogenated alkanes) is 4. The Morgan fingerprint density at radius 3 is 2.60 bits per heavy atom. The van der Waals surface area contributed by atoms with Crippen LogP contribution in [0, 0.1) is 0 Å². The van der Waals surface area contributed by atoms with Crippen LogP contribution in [0.3, 0.4) is 0 Å².